The summed E-state index contributed by atoms with van der Waals surface area (Å²) in [6, 6.07) is 2.41. The second-order valence-electron chi connectivity index (χ2n) is 4.23. The molecule has 1 aliphatic rings. The number of hydrogen-bond acceptors (Lipinski definition) is 4. The average molecular weight is 270 g/mol. The molecule has 3 nitrogen and oxygen atoms in total. The van der Waals surface area contributed by atoms with E-state index in [1.165, 1.54) is 10.4 Å². The van der Waals surface area contributed by atoms with Gasteiger partial charge in [0.2, 0.25) is 5.91 Å². The Labute approximate surface area is 110 Å². The van der Waals surface area contributed by atoms with E-state index in [4.69, 9.17) is 0 Å². The van der Waals surface area contributed by atoms with Crippen molar-refractivity contribution in [3.05, 3.63) is 21.9 Å². The van der Waals surface area contributed by atoms with E-state index >= 15 is 0 Å². The van der Waals surface area contributed by atoms with Crippen molar-refractivity contribution >= 4 is 29.0 Å². The molecule has 0 radical (unpaired) electrons. The molecule has 0 fully saturated rings. The highest BCUT2D eigenvalue weighted by atomic mass is 32.2. The molecule has 1 aromatic rings. The molecule has 2 atom stereocenters. The van der Waals surface area contributed by atoms with Crippen LogP contribution in [-0.2, 0) is 11.2 Å². The smallest absolute Gasteiger partial charge is 0.237 e. The lowest BCUT2D eigenvalue weighted by Crippen LogP contribution is -2.39. The number of aryl methyl sites for hydroxylation is 1. The number of likely N-dealkylation sites (N-methyl/N-ethyl adjacent to an activating group) is 1. The molecular weight excluding hydrogens is 252 g/mol. The van der Waals surface area contributed by atoms with E-state index in [-0.39, 0.29) is 11.2 Å². The first-order valence-corrected chi connectivity index (χ1v) is 7.78. The van der Waals surface area contributed by atoms with Gasteiger partial charge in [-0.25, -0.2) is 0 Å². The zero-order chi connectivity index (χ0) is 12.3. The van der Waals surface area contributed by atoms with Gasteiger partial charge in [0.05, 0.1) is 0 Å². The molecule has 0 saturated heterocycles. The molecule has 1 aromatic heterocycles. The molecule has 2 heterocycles. The Bertz CT molecular complexity index is 392. The van der Waals surface area contributed by atoms with Crippen LogP contribution in [0.15, 0.2) is 11.4 Å². The van der Waals surface area contributed by atoms with Gasteiger partial charge in [0.1, 0.15) is 5.25 Å². The average Bonchev–Trinajstić information content (AvgIpc) is 2.83. The zero-order valence-electron chi connectivity index (χ0n) is 10.2. The molecular formula is C12H18N2OS2. The fourth-order valence-corrected chi connectivity index (χ4v) is 4.13. The predicted octanol–water partition coefficient (Wildman–Crippen LogP) is 1.80. The first-order chi connectivity index (χ1) is 8.22. The lowest BCUT2D eigenvalue weighted by molar-refractivity contribution is -0.120. The van der Waals surface area contributed by atoms with E-state index in [1.807, 2.05) is 7.05 Å². The van der Waals surface area contributed by atoms with Crippen molar-refractivity contribution in [1.29, 1.82) is 0 Å². The van der Waals surface area contributed by atoms with E-state index in [0.29, 0.717) is 12.6 Å². The number of amides is 1. The van der Waals surface area contributed by atoms with Crippen LogP contribution in [0.25, 0.3) is 0 Å². The Kier molecular flexibility index (Phi) is 4.48. The van der Waals surface area contributed by atoms with Crippen LogP contribution in [0.4, 0.5) is 0 Å². The van der Waals surface area contributed by atoms with Gasteiger partial charge in [-0.05, 0) is 43.2 Å². The maximum Gasteiger partial charge on any atom is 0.237 e. The Balaban J connectivity index is 1.97. The summed E-state index contributed by atoms with van der Waals surface area (Å²) < 4.78 is 0. The zero-order valence-corrected chi connectivity index (χ0v) is 11.8. The van der Waals surface area contributed by atoms with Crippen molar-refractivity contribution in [2.75, 3.05) is 19.3 Å². The molecule has 0 saturated carbocycles. The monoisotopic (exact) mass is 270 g/mol. The van der Waals surface area contributed by atoms with Crippen LogP contribution in [-0.4, -0.2) is 31.3 Å². The van der Waals surface area contributed by atoms with Crippen molar-refractivity contribution < 1.29 is 4.79 Å². The summed E-state index contributed by atoms with van der Waals surface area (Å²) in [7, 11) is 1.91. The molecule has 2 unspecified atom stereocenters. The first-order valence-electron chi connectivity index (χ1n) is 5.85. The summed E-state index contributed by atoms with van der Waals surface area (Å²) in [5.41, 5.74) is 1.22. The highest BCUT2D eigenvalue weighted by Crippen LogP contribution is 2.39. The fourth-order valence-electron chi connectivity index (χ4n) is 1.81. The molecule has 0 spiro atoms. The molecule has 1 aliphatic heterocycles. The molecule has 0 aromatic carbocycles. The standard InChI is InChI=1S/C12H18N2OS2/c1-8(13-2)7-14-12(15)11-9-3-5-16-10(9)4-6-17-11/h3,5,8,11,13H,4,6-7H2,1-2H3,(H,14,15). The predicted molar refractivity (Wildman–Crippen MR) is 74.8 cm³/mol. The van der Waals surface area contributed by atoms with Gasteiger partial charge in [-0.15, -0.1) is 23.1 Å². The normalized spacial score (nSPS) is 20.7. The van der Waals surface area contributed by atoms with Gasteiger partial charge in [0, 0.05) is 17.5 Å². The molecule has 17 heavy (non-hydrogen) atoms. The van der Waals surface area contributed by atoms with Crippen molar-refractivity contribution in [1.82, 2.24) is 10.6 Å². The minimum Gasteiger partial charge on any atom is -0.353 e. The lowest BCUT2D eigenvalue weighted by Gasteiger charge is -2.22. The molecule has 0 bridgehead atoms. The summed E-state index contributed by atoms with van der Waals surface area (Å²) in [4.78, 5) is 13.5. The van der Waals surface area contributed by atoms with Gasteiger partial charge in [-0.1, -0.05) is 0 Å². The molecule has 0 aliphatic carbocycles. The minimum atomic E-state index is -0.00550. The molecule has 2 N–H and O–H groups in total. The molecule has 2 rings (SSSR count). The molecule has 94 valence electrons. The van der Waals surface area contributed by atoms with Crippen molar-refractivity contribution in [3.63, 3.8) is 0 Å². The highest BCUT2D eigenvalue weighted by Gasteiger charge is 2.27. The third kappa shape index (κ3) is 3.03. The number of carbonyl (C=O) groups is 1. The third-order valence-electron chi connectivity index (χ3n) is 2.99. The number of fused-ring (bicyclic) bond motifs is 1. The lowest BCUT2D eigenvalue weighted by atomic mass is 10.1. The fraction of sp³-hybridized carbons (Fsp3) is 0.583. The van der Waals surface area contributed by atoms with E-state index < -0.39 is 0 Å². The van der Waals surface area contributed by atoms with E-state index in [0.717, 1.165) is 12.2 Å². The second-order valence-corrected chi connectivity index (χ2v) is 6.45. The largest absolute Gasteiger partial charge is 0.353 e. The Morgan fingerprint density at radius 1 is 1.65 bits per heavy atom. The first kappa shape index (κ1) is 12.9. The number of hydrogen-bond donors (Lipinski definition) is 2. The second kappa shape index (κ2) is 5.89. The number of thioether (sulfide) groups is 1. The van der Waals surface area contributed by atoms with Crippen LogP contribution in [0.2, 0.25) is 0 Å². The minimum absolute atomic E-state index is 0.00550. The maximum absolute atomic E-state index is 12.1. The van der Waals surface area contributed by atoms with E-state index in [9.17, 15) is 4.79 Å². The van der Waals surface area contributed by atoms with Gasteiger partial charge in [0.25, 0.3) is 0 Å². The van der Waals surface area contributed by atoms with Crippen LogP contribution in [0.3, 0.4) is 0 Å². The van der Waals surface area contributed by atoms with Gasteiger partial charge >= 0.3 is 0 Å². The Hall–Kier alpha value is -0.520. The van der Waals surface area contributed by atoms with Crippen LogP contribution in [0.1, 0.15) is 22.6 Å². The highest BCUT2D eigenvalue weighted by molar-refractivity contribution is 8.00. The number of thiophene rings is 1. The Morgan fingerprint density at radius 3 is 3.24 bits per heavy atom. The quantitative estimate of drug-likeness (QED) is 0.876. The summed E-state index contributed by atoms with van der Waals surface area (Å²) in [5, 5.41) is 8.22. The van der Waals surface area contributed by atoms with Gasteiger partial charge in [0.15, 0.2) is 0 Å². The van der Waals surface area contributed by atoms with Gasteiger partial charge in [-0.3, -0.25) is 4.79 Å². The van der Waals surface area contributed by atoms with E-state index in [2.05, 4.69) is 29.0 Å². The van der Waals surface area contributed by atoms with Crippen molar-refractivity contribution in [3.8, 4) is 0 Å². The van der Waals surface area contributed by atoms with Crippen LogP contribution < -0.4 is 10.6 Å². The number of nitrogens with one attached hydrogen (secondary N) is 2. The van der Waals surface area contributed by atoms with Gasteiger partial charge in [-0.2, -0.15) is 0 Å². The maximum atomic E-state index is 12.1. The van der Waals surface area contributed by atoms with Crippen LogP contribution in [0.5, 0.6) is 0 Å². The SMILES string of the molecule is CNC(C)CNC(=O)C1SCCc2sccc21. The number of rotatable bonds is 4. The Morgan fingerprint density at radius 2 is 2.47 bits per heavy atom. The summed E-state index contributed by atoms with van der Waals surface area (Å²) in [6.45, 7) is 2.75. The van der Waals surface area contributed by atoms with Gasteiger partial charge < -0.3 is 10.6 Å². The van der Waals surface area contributed by atoms with Crippen LogP contribution >= 0.6 is 23.1 Å². The topological polar surface area (TPSA) is 41.1 Å². The molecule has 1 amide bonds. The summed E-state index contributed by atoms with van der Waals surface area (Å²) >= 11 is 3.52. The summed E-state index contributed by atoms with van der Waals surface area (Å²) in [6.07, 6.45) is 1.11. The third-order valence-corrected chi connectivity index (χ3v) is 5.23. The van der Waals surface area contributed by atoms with E-state index in [1.54, 1.807) is 23.1 Å². The molecule has 5 heteroatoms. The van der Waals surface area contributed by atoms with Crippen molar-refractivity contribution in [2.24, 2.45) is 0 Å². The van der Waals surface area contributed by atoms with Crippen LogP contribution in [0, 0.1) is 0 Å². The van der Waals surface area contributed by atoms with Crippen molar-refractivity contribution in [2.45, 2.75) is 24.6 Å². The number of carbonyl (C=O) groups excluding carboxylic acids is 1. The summed E-state index contributed by atoms with van der Waals surface area (Å²) in [5.74, 6) is 1.20.